The maximum atomic E-state index is 10.9. The minimum Gasteiger partial charge on any atom is -0.459 e. The summed E-state index contributed by atoms with van der Waals surface area (Å²) in [6.45, 7) is 0. The Morgan fingerprint density at radius 1 is 1.47 bits per heavy atom. The number of benzene rings is 1. The van der Waals surface area contributed by atoms with Gasteiger partial charge in [0.2, 0.25) is 0 Å². The van der Waals surface area contributed by atoms with Crippen molar-refractivity contribution in [3.63, 3.8) is 0 Å². The summed E-state index contributed by atoms with van der Waals surface area (Å²) >= 11 is 0. The zero-order valence-electron chi connectivity index (χ0n) is 9.49. The van der Waals surface area contributed by atoms with Gasteiger partial charge in [0.15, 0.2) is 0 Å². The van der Waals surface area contributed by atoms with E-state index in [4.69, 9.17) is 5.26 Å². The van der Waals surface area contributed by atoms with Crippen molar-refractivity contribution in [1.82, 2.24) is 0 Å². The molecule has 1 aromatic rings. The number of nitrogens with zero attached hydrogens (tertiary/aromatic N) is 1. The van der Waals surface area contributed by atoms with Crippen LogP contribution in [0, 0.1) is 23.2 Å². The highest BCUT2D eigenvalue weighted by atomic mass is 16.5. The lowest BCUT2D eigenvalue weighted by Gasteiger charge is -2.05. The van der Waals surface area contributed by atoms with Gasteiger partial charge in [-0.25, -0.2) is 4.79 Å². The van der Waals surface area contributed by atoms with Crippen LogP contribution in [-0.4, -0.2) is 13.1 Å². The molecule has 0 unspecified atom stereocenters. The first-order valence-electron chi connectivity index (χ1n) is 5.32. The summed E-state index contributed by atoms with van der Waals surface area (Å²) in [5.41, 5.74) is 1.40. The Morgan fingerprint density at radius 2 is 2.24 bits per heavy atom. The zero-order chi connectivity index (χ0) is 12.3. The van der Waals surface area contributed by atoms with E-state index < -0.39 is 5.97 Å². The molecule has 0 aromatic heterocycles. The van der Waals surface area contributed by atoms with E-state index in [2.05, 4.69) is 22.6 Å². The number of carbonyl (C=O) groups excluding carboxylic acids is 1. The first-order chi connectivity index (χ1) is 8.20. The van der Waals surface area contributed by atoms with Crippen molar-refractivity contribution >= 4 is 5.97 Å². The normalized spacial score (nSPS) is 15.1. The Balaban J connectivity index is 2.26. The molecule has 0 aliphatic heterocycles. The van der Waals surface area contributed by atoms with Crippen LogP contribution in [0.25, 0.3) is 0 Å². The summed E-state index contributed by atoms with van der Waals surface area (Å²) in [5, 5.41) is 9.10. The maximum absolute atomic E-state index is 10.9. The minimum atomic E-state index is -0.558. The second-order valence-corrected chi connectivity index (χ2v) is 4.02. The van der Waals surface area contributed by atoms with E-state index in [1.807, 2.05) is 24.3 Å². The molecule has 3 heteroatoms. The van der Waals surface area contributed by atoms with Gasteiger partial charge in [-0.1, -0.05) is 18.1 Å². The standard InChI is InChI=1S/C14H11NO2/c1-17-13(16)6-5-11-3-2-4-12(9-11)14(10-15)7-8-14/h2-4,9H,7-8H2,1H3. The van der Waals surface area contributed by atoms with Crippen LogP contribution in [0.1, 0.15) is 24.0 Å². The number of hydrogen-bond donors (Lipinski definition) is 0. The molecule has 0 heterocycles. The Bertz CT molecular complexity index is 554. The predicted octanol–water partition coefficient (Wildman–Crippen LogP) is 1.77. The lowest BCUT2D eigenvalue weighted by atomic mass is 9.96. The number of methoxy groups -OCH3 is 1. The molecular weight excluding hydrogens is 214 g/mol. The molecule has 0 radical (unpaired) electrons. The van der Waals surface area contributed by atoms with Crippen LogP contribution < -0.4 is 0 Å². The molecule has 84 valence electrons. The maximum Gasteiger partial charge on any atom is 0.384 e. The van der Waals surface area contributed by atoms with E-state index >= 15 is 0 Å². The van der Waals surface area contributed by atoms with E-state index in [0.29, 0.717) is 0 Å². The molecular formula is C14H11NO2. The molecule has 17 heavy (non-hydrogen) atoms. The van der Waals surface area contributed by atoms with Gasteiger partial charge in [-0.3, -0.25) is 0 Å². The van der Waals surface area contributed by atoms with Crippen LogP contribution in [0.15, 0.2) is 24.3 Å². The Labute approximate surface area is 100 Å². The van der Waals surface area contributed by atoms with E-state index in [9.17, 15) is 4.79 Å². The summed E-state index contributed by atoms with van der Waals surface area (Å²) in [6, 6.07) is 9.80. The van der Waals surface area contributed by atoms with Gasteiger partial charge in [-0.15, -0.1) is 0 Å². The molecule has 0 amide bonds. The van der Waals surface area contributed by atoms with Crippen LogP contribution in [0.4, 0.5) is 0 Å². The average Bonchev–Trinajstić information content (AvgIpc) is 3.17. The smallest absolute Gasteiger partial charge is 0.384 e. The SMILES string of the molecule is COC(=O)C#Cc1cccc(C2(C#N)CC2)c1. The highest BCUT2D eigenvalue weighted by Crippen LogP contribution is 2.47. The van der Waals surface area contributed by atoms with Crippen LogP contribution in [0.2, 0.25) is 0 Å². The molecule has 3 nitrogen and oxygen atoms in total. The zero-order valence-corrected chi connectivity index (χ0v) is 9.49. The minimum absolute atomic E-state index is 0.317. The van der Waals surface area contributed by atoms with Crippen molar-refractivity contribution in [1.29, 1.82) is 5.26 Å². The molecule has 0 saturated heterocycles. The molecule has 1 fully saturated rings. The van der Waals surface area contributed by atoms with Gasteiger partial charge in [0, 0.05) is 11.5 Å². The summed E-state index contributed by atoms with van der Waals surface area (Å²) < 4.78 is 4.44. The largest absolute Gasteiger partial charge is 0.459 e. The van der Waals surface area contributed by atoms with Crippen LogP contribution in [-0.2, 0) is 14.9 Å². The number of rotatable bonds is 1. The summed E-state index contributed by atoms with van der Waals surface area (Å²) in [5.74, 6) is 4.54. The fourth-order valence-corrected chi connectivity index (χ4v) is 1.66. The van der Waals surface area contributed by atoms with E-state index in [1.165, 1.54) is 7.11 Å². The second-order valence-electron chi connectivity index (χ2n) is 4.02. The van der Waals surface area contributed by atoms with Crippen molar-refractivity contribution in [2.24, 2.45) is 0 Å². The topological polar surface area (TPSA) is 50.1 Å². The Morgan fingerprint density at radius 3 is 2.82 bits per heavy atom. The van der Waals surface area contributed by atoms with Crippen molar-refractivity contribution < 1.29 is 9.53 Å². The van der Waals surface area contributed by atoms with E-state index in [-0.39, 0.29) is 5.41 Å². The predicted molar refractivity (Wildman–Crippen MR) is 61.9 cm³/mol. The fraction of sp³-hybridized carbons (Fsp3) is 0.286. The monoisotopic (exact) mass is 225 g/mol. The first-order valence-corrected chi connectivity index (χ1v) is 5.32. The molecule has 1 aromatic carbocycles. The van der Waals surface area contributed by atoms with E-state index in [0.717, 1.165) is 24.0 Å². The van der Waals surface area contributed by atoms with Crippen molar-refractivity contribution in [2.75, 3.05) is 7.11 Å². The van der Waals surface area contributed by atoms with Crippen molar-refractivity contribution in [3.8, 4) is 17.9 Å². The summed E-state index contributed by atoms with van der Waals surface area (Å²) in [7, 11) is 1.29. The average molecular weight is 225 g/mol. The third-order valence-electron chi connectivity index (χ3n) is 2.87. The van der Waals surface area contributed by atoms with Crippen LogP contribution in [0.5, 0.6) is 0 Å². The molecule has 0 atom stereocenters. The van der Waals surface area contributed by atoms with Gasteiger partial charge in [0.1, 0.15) is 0 Å². The third kappa shape index (κ3) is 2.29. The highest BCUT2D eigenvalue weighted by molar-refractivity contribution is 5.89. The van der Waals surface area contributed by atoms with Crippen molar-refractivity contribution in [2.45, 2.75) is 18.3 Å². The quantitative estimate of drug-likeness (QED) is 0.540. The second kappa shape index (κ2) is 4.31. The lowest BCUT2D eigenvalue weighted by Crippen LogP contribution is -2.02. The number of hydrogen-bond acceptors (Lipinski definition) is 3. The lowest BCUT2D eigenvalue weighted by molar-refractivity contribution is -0.133. The van der Waals surface area contributed by atoms with Crippen LogP contribution in [0.3, 0.4) is 0 Å². The number of esters is 1. The van der Waals surface area contributed by atoms with Crippen molar-refractivity contribution in [3.05, 3.63) is 35.4 Å². The van der Waals surface area contributed by atoms with Gasteiger partial charge in [0.25, 0.3) is 0 Å². The van der Waals surface area contributed by atoms with E-state index in [1.54, 1.807) is 0 Å². The van der Waals surface area contributed by atoms with Gasteiger partial charge in [0.05, 0.1) is 18.6 Å². The summed E-state index contributed by atoms with van der Waals surface area (Å²) in [6.07, 6.45) is 1.80. The number of nitriles is 1. The molecule has 0 bridgehead atoms. The third-order valence-corrected chi connectivity index (χ3v) is 2.87. The number of ether oxygens (including phenoxy) is 1. The van der Waals surface area contributed by atoms with Gasteiger partial charge >= 0.3 is 5.97 Å². The van der Waals surface area contributed by atoms with Gasteiger partial charge < -0.3 is 4.74 Å². The molecule has 1 saturated carbocycles. The number of carbonyl (C=O) groups is 1. The van der Waals surface area contributed by atoms with Crippen LogP contribution >= 0.6 is 0 Å². The summed E-state index contributed by atoms with van der Waals surface area (Å²) in [4.78, 5) is 10.9. The molecule has 0 N–H and O–H groups in total. The fourth-order valence-electron chi connectivity index (χ4n) is 1.66. The molecule has 0 spiro atoms. The molecule has 2 rings (SSSR count). The van der Waals surface area contributed by atoms with Gasteiger partial charge in [-0.2, -0.15) is 5.26 Å². The Kier molecular flexibility index (Phi) is 2.85. The molecule has 1 aliphatic rings. The molecule has 1 aliphatic carbocycles. The highest BCUT2D eigenvalue weighted by Gasteiger charge is 2.44. The first kappa shape index (κ1) is 11.2. The van der Waals surface area contributed by atoms with Gasteiger partial charge in [-0.05, 0) is 30.5 Å². The Hall–Kier alpha value is -2.26.